The van der Waals surface area contributed by atoms with Gasteiger partial charge >= 0.3 is 0 Å². The van der Waals surface area contributed by atoms with Crippen LogP contribution in [-0.4, -0.2) is 20.4 Å². The summed E-state index contributed by atoms with van der Waals surface area (Å²) in [7, 11) is -1.49. The largest absolute Gasteiger partial charge is 0.495 e. The number of ether oxygens (including phenoxy) is 1. The summed E-state index contributed by atoms with van der Waals surface area (Å²) in [6.07, 6.45) is 0.974. The minimum absolute atomic E-state index is 0.0564. The Hall–Kier alpha value is -0.810. The monoisotopic (exact) mass is 210 g/mol. The van der Waals surface area contributed by atoms with E-state index >= 15 is 0 Å². The number of nitrogens with zero attached hydrogens (tertiary/aromatic N) is 1. The molecule has 1 rings (SSSR count). The lowest BCUT2D eigenvalue weighted by Crippen LogP contribution is -1.94. The Morgan fingerprint density at radius 2 is 2.42 bits per heavy atom. The van der Waals surface area contributed by atoms with Gasteiger partial charge < -0.3 is 4.74 Å². The third-order valence-electron chi connectivity index (χ3n) is 1.08. The van der Waals surface area contributed by atoms with Crippen LogP contribution in [0.4, 0.5) is 0 Å². The molecule has 0 aliphatic rings. The molecule has 0 spiro atoms. The fourth-order valence-corrected chi connectivity index (χ4v) is 1.25. The van der Waals surface area contributed by atoms with Crippen molar-refractivity contribution in [2.75, 3.05) is 7.04 Å². The van der Waals surface area contributed by atoms with Crippen molar-refractivity contribution in [3.63, 3.8) is 0 Å². The van der Waals surface area contributed by atoms with Crippen LogP contribution in [0.5, 0.6) is 5.75 Å². The maximum Gasteiger partial charge on any atom is 0.278 e. The molecule has 0 radical (unpaired) electrons. The molecule has 0 bridgehead atoms. The minimum atomic E-state index is -3.90. The van der Waals surface area contributed by atoms with Crippen LogP contribution < -0.4 is 4.74 Å². The summed E-state index contributed by atoms with van der Waals surface area (Å²) in [6, 6.07) is 2.22. The van der Waals surface area contributed by atoms with E-state index < -0.39 is 16.1 Å². The summed E-state index contributed by atoms with van der Waals surface area (Å²) in [6.45, 7) is 0. The van der Waals surface area contributed by atoms with Gasteiger partial charge in [-0.2, -0.15) is 0 Å². The molecule has 1 aromatic heterocycles. The Bertz CT molecular complexity index is 442. The van der Waals surface area contributed by atoms with Gasteiger partial charge in [0.25, 0.3) is 9.05 Å². The molecule has 4 nitrogen and oxygen atoms in total. The van der Waals surface area contributed by atoms with Crippen LogP contribution >= 0.6 is 10.7 Å². The van der Waals surface area contributed by atoms with Gasteiger partial charge in [-0.25, -0.2) is 13.4 Å². The van der Waals surface area contributed by atoms with Gasteiger partial charge in [0.1, 0.15) is 5.75 Å². The van der Waals surface area contributed by atoms with Crippen molar-refractivity contribution in [2.24, 2.45) is 0 Å². The van der Waals surface area contributed by atoms with E-state index in [1.54, 1.807) is 0 Å². The molecule has 6 heteroatoms. The van der Waals surface area contributed by atoms with E-state index in [1.165, 1.54) is 0 Å². The number of halogens is 1. The Kier molecular flexibility index (Phi) is 1.58. The molecule has 0 atom stereocenters. The molecule has 0 fully saturated rings. The standard InChI is InChI=1S/C6H6ClNO3S/c1-11-5-2-3-6(8-4-5)12(7,9)10/h2-4H,1H3/i1D3. The first kappa shape index (κ1) is 5.77. The number of aromatic nitrogens is 1. The van der Waals surface area contributed by atoms with Crippen molar-refractivity contribution in [3.05, 3.63) is 18.3 Å². The quantitative estimate of drug-likeness (QED) is 0.684. The molecule has 66 valence electrons. The summed E-state index contributed by atoms with van der Waals surface area (Å²) < 4.78 is 46.4. The van der Waals surface area contributed by atoms with Gasteiger partial charge in [-0.05, 0) is 12.1 Å². The van der Waals surface area contributed by atoms with Crippen molar-refractivity contribution in [2.45, 2.75) is 5.03 Å². The fraction of sp³-hybridized carbons (Fsp3) is 0.167. The Labute approximate surface area is 78.8 Å². The lowest BCUT2D eigenvalue weighted by molar-refractivity contribution is 0.412. The number of methoxy groups -OCH3 is 1. The highest BCUT2D eigenvalue weighted by Crippen LogP contribution is 2.14. The van der Waals surface area contributed by atoms with Gasteiger partial charge in [0, 0.05) is 10.7 Å². The van der Waals surface area contributed by atoms with Crippen LogP contribution in [-0.2, 0) is 9.05 Å². The SMILES string of the molecule is [2H]C([2H])([2H])Oc1ccc(S(=O)(=O)Cl)nc1. The first-order valence-electron chi connectivity index (χ1n) is 4.28. The summed E-state index contributed by atoms with van der Waals surface area (Å²) in [5.41, 5.74) is 0. The number of rotatable bonds is 2. The van der Waals surface area contributed by atoms with E-state index in [0.717, 1.165) is 18.3 Å². The molecule has 1 aromatic rings. The second-order valence-corrected chi connectivity index (χ2v) is 4.38. The summed E-state index contributed by atoms with van der Waals surface area (Å²) in [5, 5.41) is -0.359. The number of pyridine rings is 1. The van der Waals surface area contributed by atoms with Crippen molar-refractivity contribution in [1.29, 1.82) is 0 Å². The summed E-state index contributed by atoms with van der Waals surface area (Å²) in [4.78, 5) is 3.44. The first-order chi connectivity index (χ1) is 6.68. The molecule has 0 amide bonds. The summed E-state index contributed by atoms with van der Waals surface area (Å²) in [5.74, 6) is -0.0564. The van der Waals surface area contributed by atoms with Crippen molar-refractivity contribution >= 4 is 19.7 Å². The van der Waals surface area contributed by atoms with E-state index in [-0.39, 0.29) is 10.8 Å². The first-order valence-corrected chi connectivity index (χ1v) is 5.09. The molecular formula is C6H6ClNO3S. The highest BCUT2D eigenvalue weighted by Gasteiger charge is 2.10. The van der Waals surface area contributed by atoms with Crippen LogP contribution in [0.3, 0.4) is 0 Å². The number of hydrogen-bond acceptors (Lipinski definition) is 4. The second-order valence-electron chi connectivity index (χ2n) is 1.87. The molecule has 0 aliphatic carbocycles. The van der Waals surface area contributed by atoms with Gasteiger partial charge in [-0.15, -0.1) is 0 Å². The smallest absolute Gasteiger partial charge is 0.278 e. The average Bonchev–Trinajstić information content (AvgIpc) is 2.00. The van der Waals surface area contributed by atoms with Crippen LogP contribution in [0.15, 0.2) is 23.4 Å². The number of hydrogen-bond donors (Lipinski definition) is 0. The predicted octanol–water partition coefficient (Wildman–Crippen LogP) is 1.02. The molecular weight excluding hydrogens is 202 g/mol. The molecule has 1 heterocycles. The fourth-order valence-electron chi connectivity index (χ4n) is 0.571. The zero-order chi connectivity index (χ0) is 11.7. The second kappa shape index (κ2) is 3.28. The van der Waals surface area contributed by atoms with E-state index in [9.17, 15) is 8.42 Å². The van der Waals surface area contributed by atoms with Crippen LogP contribution in [0.25, 0.3) is 0 Å². The van der Waals surface area contributed by atoms with Crippen molar-refractivity contribution < 1.29 is 17.3 Å². The van der Waals surface area contributed by atoms with Crippen molar-refractivity contribution in [3.8, 4) is 5.75 Å². The average molecular weight is 211 g/mol. The van der Waals surface area contributed by atoms with Crippen LogP contribution in [0.2, 0.25) is 0 Å². The third-order valence-corrected chi connectivity index (χ3v) is 2.29. The van der Waals surface area contributed by atoms with E-state index in [4.69, 9.17) is 14.8 Å². The Morgan fingerprint density at radius 1 is 1.67 bits per heavy atom. The third kappa shape index (κ3) is 2.09. The zero-order valence-corrected chi connectivity index (χ0v) is 7.26. The van der Waals surface area contributed by atoms with Gasteiger partial charge in [0.05, 0.1) is 17.3 Å². The minimum Gasteiger partial charge on any atom is -0.495 e. The van der Waals surface area contributed by atoms with Gasteiger partial charge in [0.2, 0.25) is 0 Å². The highest BCUT2D eigenvalue weighted by atomic mass is 35.7. The normalized spacial score (nSPS) is 15.9. The van der Waals surface area contributed by atoms with E-state index in [2.05, 4.69) is 9.72 Å². The van der Waals surface area contributed by atoms with Crippen molar-refractivity contribution in [1.82, 2.24) is 4.98 Å². The lowest BCUT2D eigenvalue weighted by Gasteiger charge is -1.98. The molecule has 0 saturated carbocycles. The Balaban J connectivity index is 2.92. The molecule has 0 N–H and O–H groups in total. The van der Waals surface area contributed by atoms with Crippen LogP contribution in [0.1, 0.15) is 4.11 Å². The maximum atomic E-state index is 10.8. The Morgan fingerprint density at radius 3 is 2.83 bits per heavy atom. The molecule has 0 aromatic carbocycles. The molecule has 12 heavy (non-hydrogen) atoms. The molecule has 0 aliphatic heterocycles. The van der Waals surface area contributed by atoms with E-state index in [1.807, 2.05) is 0 Å². The maximum absolute atomic E-state index is 10.8. The van der Waals surface area contributed by atoms with Gasteiger partial charge in [-0.3, -0.25) is 0 Å². The zero-order valence-electron chi connectivity index (χ0n) is 8.69. The topological polar surface area (TPSA) is 56.3 Å². The highest BCUT2D eigenvalue weighted by molar-refractivity contribution is 8.13. The predicted molar refractivity (Wildman–Crippen MR) is 43.8 cm³/mol. The lowest BCUT2D eigenvalue weighted by atomic mass is 10.5. The summed E-state index contributed by atoms with van der Waals surface area (Å²) >= 11 is 0. The van der Waals surface area contributed by atoms with Crippen LogP contribution in [0, 0.1) is 0 Å². The van der Waals surface area contributed by atoms with E-state index in [0.29, 0.717) is 0 Å². The van der Waals surface area contributed by atoms with Gasteiger partial charge in [0.15, 0.2) is 5.03 Å². The molecule has 0 unspecified atom stereocenters. The van der Waals surface area contributed by atoms with Gasteiger partial charge in [-0.1, -0.05) is 0 Å². The molecule has 0 saturated heterocycles.